The quantitative estimate of drug-likeness (QED) is 0.800. The fraction of sp³-hybridized carbons (Fsp3) is 0.615. The van der Waals surface area contributed by atoms with Crippen LogP contribution < -0.4 is 5.56 Å². The number of hydrogen-bond donors (Lipinski definition) is 0. The van der Waals surface area contributed by atoms with E-state index in [4.69, 9.17) is 0 Å². The van der Waals surface area contributed by atoms with Crippen LogP contribution in [0.25, 0.3) is 0 Å². The van der Waals surface area contributed by atoms with Gasteiger partial charge in [-0.1, -0.05) is 33.8 Å². The molecule has 102 valence electrons. The van der Waals surface area contributed by atoms with Crippen molar-refractivity contribution in [2.45, 2.75) is 45.8 Å². The number of rotatable bonds is 2. The van der Waals surface area contributed by atoms with Crippen molar-refractivity contribution in [2.75, 3.05) is 0 Å². The van der Waals surface area contributed by atoms with E-state index in [1.54, 1.807) is 6.07 Å². The van der Waals surface area contributed by atoms with Gasteiger partial charge in [-0.25, -0.2) is 0 Å². The normalized spacial score (nSPS) is 14.6. The minimum Gasteiger partial charge on any atom is -0.315 e. The molecule has 1 aromatic rings. The molecule has 0 aliphatic rings. The standard InChI is InChI=1S/C13H18F3NO/c1-9(13(14,15)16)7-17-8-10(12(2,3)4)5-6-11(17)18/h5-6,8-9H,7H2,1-4H3. The number of hydrogen-bond acceptors (Lipinski definition) is 1. The summed E-state index contributed by atoms with van der Waals surface area (Å²) >= 11 is 0. The fourth-order valence-corrected chi connectivity index (χ4v) is 1.52. The van der Waals surface area contributed by atoms with Gasteiger partial charge in [-0.05, 0) is 11.0 Å². The first kappa shape index (κ1) is 14.8. The van der Waals surface area contributed by atoms with E-state index in [-0.39, 0.29) is 12.0 Å². The Bertz CT molecular complexity index is 468. The largest absolute Gasteiger partial charge is 0.393 e. The Morgan fingerprint density at radius 1 is 1.22 bits per heavy atom. The Morgan fingerprint density at radius 3 is 2.22 bits per heavy atom. The van der Waals surface area contributed by atoms with Crippen molar-refractivity contribution in [1.82, 2.24) is 4.57 Å². The monoisotopic (exact) mass is 261 g/mol. The molecule has 2 nitrogen and oxygen atoms in total. The number of pyridine rings is 1. The first-order valence-electron chi connectivity index (χ1n) is 5.79. The van der Waals surface area contributed by atoms with Crippen molar-refractivity contribution < 1.29 is 13.2 Å². The van der Waals surface area contributed by atoms with Crippen LogP contribution in [0.2, 0.25) is 0 Å². The molecule has 0 bridgehead atoms. The maximum Gasteiger partial charge on any atom is 0.393 e. The van der Waals surface area contributed by atoms with E-state index < -0.39 is 17.7 Å². The molecule has 1 rings (SSSR count). The van der Waals surface area contributed by atoms with Gasteiger partial charge in [-0.15, -0.1) is 0 Å². The first-order chi connectivity index (χ1) is 8.01. The molecule has 0 aromatic carbocycles. The average molecular weight is 261 g/mol. The lowest BCUT2D eigenvalue weighted by molar-refractivity contribution is -0.173. The lowest BCUT2D eigenvalue weighted by atomic mass is 9.88. The van der Waals surface area contributed by atoms with E-state index in [1.165, 1.54) is 12.3 Å². The maximum atomic E-state index is 12.5. The third-order valence-corrected chi connectivity index (χ3v) is 2.88. The zero-order valence-electron chi connectivity index (χ0n) is 11.0. The Hall–Kier alpha value is -1.26. The van der Waals surface area contributed by atoms with Gasteiger partial charge in [0, 0.05) is 18.8 Å². The van der Waals surface area contributed by atoms with Gasteiger partial charge in [0.1, 0.15) is 0 Å². The summed E-state index contributed by atoms with van der Waals surface area (Å²) in [5.74, 6) is -1.54. The van der Waals surface area contributed by atoms with E-state index in [2.05, 4.69) is 0 Å². The van der Waals surface area contributed by atoms with Gasteiger partial charge >= 0.3 is 6.18 Å². The van der Waals surface area contributed by atoms with E-state index in [0.29, 0.717) is 0 Å². The van der Waals surface area contributed by atoms with Crippen molar-refractivity contribution in [1.29, 1.82) is 0 Å². The van der Waals surface area contributed by atoms with Crippen LogP contribution in [0.1, 0.15) is 33.3 Å². The molecule has 1 unspecified atom stereocenters. The Labute approximate surface area is 104 Å². The van der Waals surface area contributed by atoms with E-state index in [9.17, 15) is 18.0 Å². The SMILES string of the molecule is CC(Cn1cc(C(C)(C)C)ccc1=O)C(F)(F)F. The molecule has 1 aromatic heterocycles. The minimum atomic E-state index is -4.28. The van der Waals surface area contributed by atoms with Gasteiger partial charge < -0.3 is 4.57 Å². The molecular weight excluding hydrogens is 243 g/mol. The summed E-state index contributed by atoms with van der Waals surface area (Å²) in [5.41, 5.74) is 0.243. The van der Waals surface area contributed by atoms with Crippen molar-refractivity contribution in [2.24, 2.45) is 5.92 Å². The highest BCUT2D eigenvalue weighted by Gasteiger charge is 2.36. The maximum absolute atomic E-state index is 12.5. The summed E-state index contributed by atoms with van der Waals surface area (Å²) in [7, 11) is 0. The van der Waals surface area contributed by atoms with E-state index in [0.717, 1.165) is 17.1 Å². The third-order valence-electron chi connectivity index (χ3n) is 2.88. The van der Waals surface area contributed by atoms with Crippen molar-refractivity contribution in [3.63, 3.8) is 0 Å². The lowest BCUT2D eigenvalue weighted by Crippen LogP contribution is -2.30. The molecule has 5 heteroatoms. The summed E-state index contributed by atoms with van der Waals surface area (Å²) in [6.45, 7) is 6.58. The lowest BCUT2D eigenvalue weighted by Gasteiger charge is -2.22. The summed E-state index contributed by atoms with van der Waals surface area (Å²) < 4.78 is 38.6. The van der Waals surface area contributed by atoms with Gasteiger partial charge in [-0.3, -0.25) is 4.79 Å². The highest BCUT2D eigenvalue weighted by atomic mass is 19.4. The topological polar surface area (TPSA) is 22.0 Å². The highest BCUT2D eigenvalue weighted by molar-refractivity contribution is 5.19. The number of aromatic nitrogens is 1. The predicted molar refractivity (Wildman–Crippen MR) is 64.6 cm³/mol. The van der Waals surface area contributed by atoms with E-state index in [1.807, 2.05) is 20.8 Å². The van der Waals surface area contributed by atoms with Crippen LogP contribution in [0, 0.1) is 5.92 Å². The Morgan fingerprint density at radius 2 is 1.78 bits per heavy atom. The van der Waals surface area contributed by atoms with Crippen LogP contribution in [0.15, 0.2) is 23.1 Å². The average Bonchev–Trinajstić information content (AvgIpc) is 2.18. The van der Waals surface area contributed by atoms with Crippen molar-refractivity contribution in [3.8, 4) is 0 Å². The van der Waals surface area contributed by atoms with Crippen LogP contribution in [0.5, 0.6) is 0 Å². The predicted octanol–water partition coefficient (Wildman–Crippen LogP) is 3.34. The van der Waals surface area contributed by atoms with Gasteiger partial charge in [0.2, 0.25) is 0 Å². The second-order valence-corrected chi connectivity index (χ2v) is 5.60. The molecule has 0 aliphatic heterocycles. The highest BCUT2D eigenvalue weighted by Crippen LogP contribution is 2.27. The van der Waals surface area contributed by atoms with Crippen LogP contribution in [-0.4, -0.2) is 10.7 Å². The summed E-state index contributed by atoms with van der Waals surface area (Å²) in [4.78, 5) is 11.6. The zero-order valence-corrected chi connectivity index (χ0v) is 11.0. The molecule has 0 amide bonds. The molecule has 0 saturated heterocycles. The second-order valence-electron chi connectivity index (χ2n) is 5.60. The van der Waals surface area contributed by atoms with Gasteiger partial charge in [0.05, 0.1) is 5.92 Å². The molecule has 0 N–H and O–H groups in total. The molecule has 1 atom stereocenters. The van der Waals surface area contributed by atoms with Crippen molar-refractivity contribution in [3.05, 3.63) is 34.2 Å². The summed E-state index contributed by atoms with van der Waals surface area (Å²) in [6, 6.07) is 2.99. The van der Waals surface area contributed by atoms with Gasteiger partial charge in [0.15, 0.2) is 0 Å². The van der Waals surface area contributed by atoms with Crippen LogP contribution in [-0.2, 0) is 12.0 Å². The summed E-state index contributed by atoms with van der Waals surface area (Å²) in [5, 5.41) is 0. The molecule has 1 heterocycles. The molecule has 0 fully saturated rings. The number of alkyl halides is 3. The Balaban J connectivity index is 3.07. The molecule has 0 saturated carbocycles. The molecule has 0 radical (unpaired) electrons. The van der Waals surface area contributed by atoms with Crippen LogP contribution in [0.4, 0.5) is 13.2 Å². The second kappa shape index (κ2) is 4.78. The number of halogens is 3. The molecule has 0 spiro atoms. The third kappa shape index (κ3) is 3.62. The van der Waals surface area contributed by atoms with Crippen molar-refractivity contribution >= 4 is 0 Å². The zero-order chi connectivity index (χ0) is 14.1. The van der Waals surface area contributed by atoms with E-state index >= 15 is 0 Å². The fourth-order valence-electron chi connectivity index (χ4n) is 1.52. The molecule has 0 aliphatic carbocycles. The first-order valence-corrected chi connectivity index (χ1v) is 5.79. The summed E-state index contributed by atoms with van der Waals surface area (Å²) in [6.07, 6.45) is -2.76. The smallest absolute Gasteiger partial charge is 0.315 e. The van der Waals surface area contributed by atoms with Crippen LogP contribution >= 0.6 is 0 Å². The number of nitrogens with zero attached hydrogens (tertiary/aromatic N) is 1. The molecular formula is C13H18F3NO. The van der Waals surface area contributed by atoms with Gasteiger partial charge in [-0.2, -0.15) is 13.2 Å². The van der Waals surface area contributed by atoms with Gasteiger partial charge in [0.25, 0.3) is 5.56 Å². The minimum absolute atomic E-state index is 0.197. The van der Waals surface area contributed by atoms with Crippen LogP contribution in [0.3, 0.4) is 0 Å². The Kier molecular flexibility index (Phi) is 3.93. The molecule has 18 heavy (non-hydrogen) atoms.